The Morgan fingerprint density at radius 3 is 1.75 bits per heavy atom. The van der Waals surface area contributed by atoms with Crippen molar-refractivity contribution in [3.05, 3.63) is 206 Å². The van der Waals surface area contributed by atoms with Gasteiger partial charge >= 0.3 is 0 Å². The zero-order valence-electron chi connectivity index (χ0n) is 30.9. The molecule has 0 bridgehead atoms. The maximum atomic E-state index is 6.91. The fraction of sp³-hybridized carbons (Fsp3) is 0. The highest BCUT2D eigenvalue weighted by atomic mass is 16.3. The number of rotatable bonds is 5. The Labute approximate surface area is 328 Å². The van der Waals surface area contributed by atoms with Crippen LogP contribution in [0.5, 0.6) is 0 Å². The molecule has 0 radical (unpaired) electrons. The maximum Gasteiger partial charge on any atom is 0.160 e. The lowest BCUT2D eigenvalue weighted by molar-refractivity contribution is 0.666. The molecular formula is C54H34N2O. The summed E-state index contributed by atoms with van der Waals surface area (Å²) in [6.45, 7) is 0. The van der Waals surface area contributed by atoms with Crippen LogP contribution in [-0.4, -0.2) is 9.13 Å². The van der Waals surface area contributed by atoms with Gasteiger partial charge in [-0.1, -0.05) is 152 Å². The van der Waals surface area contributed by atoms with Crippen LogP contribution in [0, 0.1) is 0 Å². The van der Waals surface area contributed by atoms with Gasteiger partial charge in [0.2, 0.25) is 0 Å². The number of aromatic nitrogens is 2. The molecule has 0 N–H and O–H groups in total. The predicted octanol–water partition coefficient (Wildman–Crippen LogP) is 14.8. The Bertz CT molecular complexity index is 3510. The Hall–Kier alpha value is -7.62. The fourth-order valence-electron chi connectivity index (χ4n) is 9.32. The van der Waals surface area contributed by atoms with Gasteiger partial charge in [-0.2, -0.15) is 0 Å². The summed E-state index contributed by atoms with van der Waals surface area (Å²) >= 11 is 0. The topological polar surface area (TPSA) is 23.0 Å². The highest BCUT2D eigenvalue weighted by Crippen LogP contribution is 2.46. The molecule has 3 heteroatoms. The van der Waals surface area contributed by atoms with Gasteiger partial charge in [-0.15, -0.1) is 0 Å². The molecule has 0 saturated carbocycles. The van der Waals surface area contributed by atoms with Gasteiger partial charge in [-0.25, -0.2) is 0 Å². The van der Waals surface area contributed by atoms with Crippen LogP contribution in [0.25, 0.3) is 110 Å². The molecule has 266 valence electrons. The first-order valence-electron chi connectivity index (χ1n) is 19.5. The van der Waals surface area contributed by atoms with Crippen molar-refractivity contribution in [3.8, 4) is 44.8 Å². The second kappa shape index (κ2) is 12.5. The molecule has 0 aliphatic carbocycles. The number of fused-ring (bicyclic) bond motifs is 9. The fourth-order valence-corrected chi connectivity index (χ4v) is 9.32. The summed E-state index contributed by atoms with van der Waals surface area (Å²) in [5.74, 6) is 0. The van der Waals surface area contributed by atoms with Crippen LogP contribution in [-0.2, 0) is 0 Å². The molecule has 0 spiro atoms. The lowest BCUT2D eigenvalue weighted by Gasteiger charge is -2.14. The summed E-state index contributed by atoms with van der Waals surface area (Å²) in [5.41, 5.74) is 15.8. The van der Waals surface area contributed by atoms with Crippen molar-refractivity contribution in [2.24, 2.45) is 0 Å². The zero-order chi connectivity index (χ0) is 37.5. The average Bonchev–Trinajstić information content (AvgIpc) is 3.95. The molecule has 0 aliphatic rings. The molecular weight excluding hydrogens is 693 g/mol. The molecule has 0 aliphatic heterocycles. The van der Waals surface area contributed by atoms with E-state index in [1.807, 2.05) is 0 Å². The van der Waals surface area contributed by atoms with E-state index in [1.165, 1.54) is 60.4 Å². The molecule has 0 unspecified atom stereocenters. The molecule has 0 atom stereocenters. The van der Waals surface area contributed by atoms with Gasteiger partial charge in [0, 0.05) is 38.0 Å². The highest BCUT2D eigenvalue weighted by molar-refractivity contribution is 6.19. The van der Waals surface area contributed by atoms with Gasteiger partial charge in [-0.05, 0) is 88.0 Å². The second-order valence-corrected chi connectivity index (χ2v) is 14.8. The average molecular weight is 727 g/mol. The monoisotopic (exact) mass is 726 g/mol. The van der Waals surface area contributed by atoms with E-state index < -0.39 is 0 Å². The van der Waals surface area contributed by atoms with E-state index in [-0.39, 0.29) is 0 Å². The maximum absolute atomic E-state index is 6.91. The Morgan fingerprint density at radius 1 is 0.316 bits per heavy atom. The van der Waals surface area contributed by atoms with Gasteiger partial charge in [0.05, 0.1) is 27.8 Å². The Kier molecular flexibility index (Phi) is 6.93. The number of hydrogen-bond acceptors (Lipinski definition) is 1. The number of nitrogens with zero attached hydrogens (tertiary/aromatic N) is 2. The smallest absolute Gasteiger partial charge is 0.160 e. The molecule has 12 aromatic rings. The lowest BCUT2D eigenvalue weighted by atomic mass is 9.91. The van der Waals surface area contributed by atoms with Crippen LogP contribution < -0.4 is 0 Å². The SMILES string of the molecule is c1ccc(-c2ccccc2-c2ccc(-n3c4ccccc4c4cc(-c5cccc6c5c5ccccc5n6-c5ccccc5)ccc43)c3oc4ccccc4c23)cc1. The van der Waals surface area contributed by atoms with Crippen LogP contribution in [0.15, 0.2) is 211 Å². The van der Waals surface area contributed by atoms with Gasteiger partial charge < -0.3 is 13.6 Å². The molecule has 12 rings (SSSR count). The number of furan rings is 1. The van der Waals surface area contributed by atoms with Crippen LogP contribution in [0.2, 0.25) is 0 Å². The minimum absolute atomic E-state index is 0.877. The van der Waals surface area contributed by atoms with Crippen LogP contribution in [0.3, 0.4) is 0 Å². The zero-order valence-corrected chi connectivity index (χ0v) is 30.9. The Morgan fingerprint density at radius 2 is 0.930 bits per heavy atom. The van der Waals surface area contributed by atoms with E-state index in [9.17, 15) is 0 Å². The summed E-state index contributed by atoms with van der Waals surface area (Å²) in [6.07, 6.45) is 0. The molecule has 57 heavy (non-hydrogen) atoms. The van der Waals surface area contributed by atoms with E-state index in [0.717, 1.165) is 49.9 Å². The van der Waals surface area contributed by atoms with Gasteiger partial charge in [0.15, 0.2) is 5.58 Å². The quantitative estimate of drug-likeness (QED) is 0.173. The first-order valence-corrected chi connectivity index (χ1v) is 19.5. The van der Waals surface area contributed by atoms with Crippen LogP contribution in [0.4, 0.5) is 0 Å². The third-order valence-corrected chi connectivity index (χ3v) is 11.7. The molecule has 3 nitrogen and oxygen atoms in total. The number of hydrogen-bond donors (Lipinski definition) is 0. The van der Waals surface area contributed by atoms with Crippen molar-refractivity contribution in [1.29, 1.82) is 0 Å². The van der Waals surface area contributed by atoms with Crippen molar-refractivity contribution in [3.63, 3.8) is 0 Å². The van der Waals surface area contributed by atoms with Crippen molar-refractivity contribution in [2.75, 3.05) is 0 Å². The van der Waals surface area contributed by atoms with Crippen LogP contribution >= 0.6 is 0 Å². The van der Waals surface area contributed by atoms with Gasteiger partial charge in [0.1, 0.15) is 5.58 Å². The van der Waals surface area contributed by atoms with Crippen molar-refractivity contribution in [1.82, 2.24) is 9.13 Å². The minimum atomic E-state index is 0.877. The first kappa shape index (κ1) is 31.7. The van der Waals surface area contributed by atoms with E-state index in [1.54, 1.807) is 0 Å². The predicted molar refractivity (Wildman–Crippen MR) is 239 cm³/mol. The van der Waals surface area contributed by atoms with Crippen LogP contribution in [0.1, 0.15) is 0 Å². The summed E-state index contributed by atoms with van der Waals surface area (Å²) < 4.78 is 11.7. The highest BCUT2D eigenvalue weighted by Gasteiger charge is 2.23. The van der Waals surface area contributed by atoms with Crippen molar-refractivity contribution < 1.29 is 4.42 Å². The van der Waals surface area contributed by atoms with Crippen molar-refractivity contribution >= 4 is 65.6 Å². The van der Waals surface area contributed by atoms with Gasteiger partial charge in [0.25, 0.3) is 0 Å². The second-order valence-electron chi connectivity index (χ2n) is 14.8. The molecule has 9 aromatic carbocycles. The normalized spacial score (nSPS) is 11.9. The number of benzene rings is 9. The number of para-hydroxylation sites is 4. The molecule has 0 amide bonds. The van der Waals surface area contributed by atoms with E-state index in [4.69, 9.17) is 4.42 Å². The third-order valence-electron chi connectivity index (χ3n) is 11.7. The molecule has 0 fully saturated rings. The summed E-state index contributed by atoms with van der Waals surface area (Å²) in [7, 11) is 0. The Balaban J connectivity index is 1.11. The molecule has 3 heterocycles. The van der Waals surface area contributed by atoms with E-state index in [2.05, 4.69) is 215 Å². The van der Waals surface area contributed by atoms with E-state index in [0.29, 0.717) is 0 Å². The summed E-state index contributed by atoms with van der Waals surface area (Å²) in [5, 5.41) is 7.14. The van der Waals surface area contributed by atoms with Gasteiger partial charge in [-0.3, -0.25) is 0 Å². The standard InChI is InChI=1S/C54H34N2O/c1-3-16-35(17-4-1)38-20-7-8-21-40(38)42-31-33-50(54-53(42)44-24-11-14-29-51(44)57-54)56-46-26-12-9-22-41(46)45-34-36(30-32-48(45)56)39-25-15-28-49-52(39)43-23-10-13-27-47(43)55(49)37-18-5-2-6-19-37/h1-34H. The van der Waals surface area contributed by atoms with Crippen molar-refractivity contribution in [2.45, 2.75) is 0 Å². The summed E-state index contributed by atoms with van der Waals surface area (Å²) in [4.78, 5) is 0. The largest absolute Gasteiger partial charge is 0.454 e. The minimum Gasteiger partial charge on any atom is -0.454 e. The van der Waals surface area contributed by atoms with E-state index >= 15 is 0 Å². The molecule has 0 saturated heterocycles. The first-order chi connectivity index (χ1) is 28.3. The third kappa shape index (κ3) is 4.73. The lowest BCUT2D eigenvalue weighted by Crippen LogP contribution is -1.96. The molecule has 3 aromatic heterocycles. The summed E-state index contributed by atoms with van der Waals surface area (Å²) in [6, 6.07) is 74.2.